The Morgan fingerprint density at radius 2 is 1.83 bits per heavy atom. The van der Waals surface area contributed by atoms with E-state index in [4.69, 9.17) is 16.3 Å². The molecule has 0 spiro atoms. The molecule has 0 aliphatic carbocycles. The molecule has 1 heterocycles. The number of hydrogen-bond acceptors (Lipinski definition) is 3. The Labute approximate surface area is 203 Å². The Morgan fingerprint density at radius 1 is 1.06 bits per heavy atom. The zero-order valence-electron chi connectivity index (χ0n) is 18.1. The second-order valence-electron chi connectivity index (χ2n) is 7.99. The highest BCUT2D eigenvalue weighted by atomic mass is 35.5. The zero-order chi connectivity index (χ0) is 25.2. The van der Waals surface area contributed by atoms with Crippen molar-refractivity contribution in [3.63, 3.8) is 0 Å². The van der Waals surface area contributed by atoms with Gasteiger partial charge in [0.2, 0.25) is 5.91 Å². The molecule has 2 amide bonds. The summed E-state index contributed by atoms with van der Waals surface area (Å²) in [6.45, 7) is -0.207. The molecule has 3 aromatic carbocycles. The fraction of sp³-hybridized carbons (Fsp3) is 0.200. The monoisotopic (exact) mass is 506 g/mol. The molecule has 0 aromatic heterocycles. The van der Waals surface area contributed by atoms with Crippen LogP contribution in [-0.4, -0.2) is 18.4 Å². The predicted octanol–water partition coefficient (Wildman–Crippen LogP) is 5.62. The first-order chi connectivity index (χ1) is 16.6. The highest BCUT2D eigenvalue weighted by Crippen LogP contribution is 2.33. The number of ether oxygens (including phenoxy) is 1. The molecule has 3 aromatic rings. The van der Waals surface area contributed by atoms with E-state index >= 15 is 0 Å². The molecule has 0 bridgehead atoms. The molecule has 1 aliphatic rings. The van der Waals surface area contributed by atoms with Gasteiger partial charge in [0.05, 0.1) is 16.5 Å². The molecular weight excluding hydrogens is 488 g/mol. The molecule has 1 aliphatic heterocycles. The van der Waals surface area contributed by atoms with Gasteiger partial charge in [-0.2, -0.15) is 13.2 Å². The predicted molar refractivity (Wildman–Crippen MR) is 122 cm³/mol. The van der Waals surface area contributed by atoms with Crippen LogP contribution in [0.3, 0.4) is 0 Å². The summed E-state index contributed by atoms with van der Waals surface area (Å²) in [5.74, 6) is -1.80. The number of amides is 2. The minimum absolute atomic E-state index is 0.0332. The van der Waals surface area contributed by atoms with Gasteiger partial charge in [-0.05, 0) is 60.0 Å². The fourth-order valence-corrected chi connectivity index (χ4v) is 3.88. The van der Waals surface area contributed by atoms with Crippen molar-refractivity contribution >= 4 is 29.1 Å². The number of anilines is 1. The van der Waals surface area contributed by atoms with Crippen molar-refractivity contribution in [2.24, 2.45) is 5.92 Å². The third-order valence-corrected chi connectivity index (χ3v) is 5.86. The first kappa shape index (κ1) is 24.5. The van der Waals surface area contributed by atoms with E-state index in [0.29, 0.717) is 17.0 Å². The third-order valence-electron chi connectivity index (χ3n) is 5.55. The van der Waals surface area contributed by atoms with Gasteiger partial charge in [0.15, 0.2) is 0 Å². The summed E-state index contributed by atoms with van der Waals surface area (Å²) in [5, 5.41) is 5.11. The van der Waals surface area contributed by atoms with E-state index < -0.39 is 35.3 Å². The topological polar surface area (TPSA) is 67.4 Å². The van der Waals surface area contributed by atoms with Crippen LogP contribution in [0.5, 0.6) is 5.75 Å². The zero-order valence-corrected chi connectivity index (χ0v) is 18.8. The summed E-state index contributed by atoms with van der Waals surface area (Å²) < 4.78 is 58.8. The fourth-order valence-electron chi connectivity index (χ4n) is 3.76. The maximum atomic E-state index is 13.7. The number of hydrogen-bond donors (Lipinski definition) is 2. The Kier molecular flexibility index (Phi) is 6.98. The lowest BCUT2D eigenvalue weighted by atomic mass is 9.95. The molecule has 2 N–H and O–H groups in total. The van der Waals surface area contributed by atoms with Gasteiger partial charge in [0.1, 0.15) is 18.2 Å². The average Bonchev–Trinajstić information content (AvgIpc) is 2.83. The third kappa shape index (κ3) is 5.74. The number of carbonyl (C=O) groups is 2. The van der Waals surface area contributed by atoms with Crippen molar-refractivity contribution in [2.45, 2.75) is 19.1 Å². The van der Waals surface area contributed by atoms with Gasteiger partial charge >= 0.3 is 6.18 Å². The minimum Gasteiger partial charge on any atom is -0.492 e. The maximum absolute atomic E-state index is 13.7. The number of benzene rings is 3. The first-order valence-corrected chi connectivity index (χ1v) is 10.9. The Hall–Kier alpha value is -3.59. The van der Waals surface area contributed by atoms with Crippen LogP contribution in [0.1, 0.15) is 27.0 Å². The van der Waals surface area contributed by atoms with Gasteiger partial charge in [-0.25, -0.2) is 4.39 Å². The first-order valence-electron chi connectivity index (χ1n) is 10.6. The quantitative estimate of drug-likeness (QED) is 0.442. The normalized spacial score (nSPS) is 15.1. The molecule has 182 valence electrons. The minimum atomic E-state index is -4.52. The lowest BCUT2D eigenvalue weighted by molar-refractivity contribution is -0.138. The molecule has 0 saturated heterocycles. The average molecular weight is 507 g/mol. The smallest absolute Gasteiger partial charge is 0.416 e. The SMILES string of the molecule is O=C(Nc1ccc2c(c1)CC(C(=O)NCc1ccccc1C(F)(F)F)CO2)c1ccc(Cl)c(F)c1. The van der Waals surface area contributed by atoms with E-state index in [9.17, 15) is 27.2 Å². The number of carbonyl (C=O) groups excluding carboxylic acids is 2. The van der Waals surface area contributed by atoms with Crippen molar-refractivity contribution in [1.29, 1.82) is 0 Å². The van der Waals surface area contributed by atoms with Gasteiger partial charge in [-0.1, -0.05) is 29.8 Å². The number of alkyl halides is 3. The summed E-state index contributed by atoms with van der Waals surface area (Å²) in [6, 6.07) is 13.6. The molecule has 1 atom stereocenters. The molecule has 0 saturated carbocycles. The molecule has 10 heteroatoms. The van der Waals surface area contributed by atoms with Crippen LogP contribution in [0.2, 0.25) is 5.02 Å². The lowest BCUT2D eigenvalue weighted by Gasteiger charge is -2.25. The van der Waals surface area contributed by atoms with Crippen molar-refractivity contribution < 1.29 is 31.9 Å². The van der Waals surface area contributed by atoms with Crippen LogP contribution in [0.25, 0.3) is 0 Å². The molecule has 0 radical (unpaired) electrons. The Morgan fingerprint density at radius 3 is 2.57 bits per heavy atom. The second kappa shape index (κ2) is 9.95. The maximum Gasteiger partial charge on any atom is 0.416 e. The van der Waals surface area contributed by atoms with Gasteiger partial charge in [0, 0.05) is 17.8 Å². The number of halogens is 5. The van der Waals surface area contributed by atoms with E-state index in [1.807, 2.05) is 0 Å². The van der Waals surface area contributed by atoms with Crippen molar-refractivity contribution in [2.75, 3.05) is 11.9 Å². The van der Waals surface area contributed by atoms with E-state index in [1.165, 1.54) is 30.3 Å². The van der Waals surface area contributed by atoms with Crippen LogP contribution in [0, 0.1) is 11.7 Å². The van der Waals surface area contributed by atoms with E-state index in [0.717, 1.165) is 12.1 Å². The van der Waals surface area contributed by atoms with Gasteiger partial charge < -0.3 is 15.4 Å². The van der Waals surface area contributed by atoms with E-state index in [2.05, 4.69) is 10.6 Å². The van der Waals surface area contributed by atoms with Crippen molar-refractivity contribution in [3.05, 3.63) is 93.8 Å². The van der Waals surface area contributed by atoms with Crippen LogP contribution < -0.4 is 15.4 Å². The summed E-state index contributed by atoms with van der Waals surface area (Å²) >= 11 is 5.65. The van der Waals surface area contributed by atoms with Crippen LogP contribution in [0.4, 0.5) is 23.2 Å². The summed E-state index contributed by atoms with van der Waals surface area (Å²) in [4.78, 5) is 25.1. The highest BCUT2D eigenvalue weighted by Gasteiger charge is 2.33. The van der Waals surface area contributed by atoms with E-state index in [-0.39, 0.29) is 35.7 Å². The van der Waals surface area contributed by atoms with Crippen molar-refractivity contribution in [1.82, 2.24) is 5.32 Å². The lowest BCUT2D eigenvalue weighted by Crippen LogP contribution is -2.37. The molecule has 5 nitrogen and oxygen atoms in total. The number of fused-ring (bicyclic) bond motifs is 1. The molecule has 1 unspecified atom stereocenters. The van der Waals surface area contributed by atoms with E-state index in [1.54, 1.807) is 18.2 Å². The summed E-state index contributed by atoms with van der Waals surface area (Å²) in [6.07, 6.45) is -4.26. The van der Waals surface area contributed by atoms with Gasteiger partial charge in [-0.15, -0.1) is 0 Å². The van der Waals surface area contributed by atoms with Crippen molar-refractivity contribution in [3.8, 4) is 5.75 Å². The van der Waals surface area contributed by atoms with Gasteiger partial charge in [0.25, 0.3) is 5.91 Å². The highest BCUT2D eigenvalue weighted by molar-refractivity contribution is 6.30. The number of nitrogens with one attached hydrogen (secondary N) is 2. The molecule has 35 heavy (non-hydrogen) atoms. The summed E-state index contributed by atoms with van der Waals surface area (Å²) in [7, 11) is 0. The summed E-state index contributed by atoms with van der Waals surface area (Å²) in [5.41, 5.74) is 0.304. The largest absolute Gasteiger partial charge is 0.492 e. The van der Waals surface area contributed by atoms with Crippen LogP contribution in [-0.2, 0) is 23.9 Å². The second-order valence-corrected chi connectivity index (χ2v) is 8.40. The number of rotatable bonds is 5. The van der Waals surface area contributed by atoms with Crippen LogP contribution in [0.15, 0.2) is 60.7 Å². The Balaban J connectivity index is 1.41. The van der Waals surface area contributed by atoms with Gasteiger partial charge in [-0.3, -0.25) is 9.59 Å². The van der Waals surface area contributed by atoms with Crippen LogP contribution >= 0.6 is 11.6 Å². The molecular formula is C25H19ClF4N2O3. The Bertz CT molecular complexity index is 1280. The molecule has 4 rings (SSSR count). The standard InChI is InChI=1S/C25H19ClF4N2O3/c26-20-7-5-14(11-21(20)27)24(34)32-18-6-8-22-16(10-18)9-17(13-35-22)23(33)31-12-15-3-1-2-4-19(15)25(28,29)30/h1-8,10-11,17H,9,12-13H2,(H,31,33)(H,32,34). The molecule has 0 fully saturated rings.